The van der Waals surface area contributed by atoms with Crippen LogP contribution in [0.3, 0.4) is 0 Å². The van der Waals surface area contributed by atoms with Crippen molar-refractivity contribution >= 4 is 29.6 Å². The quantitative estimate of drug-likeness (QED) is 0.536. The number of ether oxygens (including phenoxy) is 3. The number of methoxy groups -OCH3 is 1. The minimum Gasteiger partial charge on any atom is -0.491 e. The smallest absolute Gasteiger partial charge is 0.331 e. The summed E-state index contributed by atoms with van der Waals surface area (Å²) < 4.78 is 15.9. The molecular weight excluding hydrogens is 370 g/mol. The van der Waals surface area contributed by atoms with Crippen LogP contribution in [0.2, 0.25) is 5.02 Å². The van der Waals surface area contributed by atoms with Gasteiger partial charge in [0.25, 0.3) is 0 Å². The Balaban J connectivity index is 2.15. The number of benzene rings is 1. The SMILES string of the molecule is CCOC(=O)C1(NC(=O)/C=C/c2cc(Cl)c(OC)c(OCC)c2)CCCC1. The first-order valence-corrected chi connectivity index (χ1v) is 9.51. The Bertz CT molecular complexity index is 711. The largest absolute Gasteiger partial charge is 0.491 e. The van der Waals surface area contributed by atoms with Crippen molar-refractivity contribution in [3.05, 3.63) is 28.8 Å². The summed E-state index contributed by atoms with van der Waals surface area (Å²) in [4.78, 5) is 24.7. The van der Waals surface area contributed by atoms with Crippen molar-refractivity contribution in [1.82, 2.24) is 5.32 Å². The maximum atomic E-state index is 12.4. The molecule has 0 aliphatic heterocycles. The maximum absolute atomic E-state index is 12.4. The first-order valence-electron chi connectivity index (χ1n) is 9.13. The molecule has 148 valence electrons. The number of amides is 1. The zero-order valence-electron chi connectivity index (χ0n) is 16.0. The lowest BCUT2D eigenvalue weighted by molar-refractivity contribution is -0.152. The van der Waals surface area contributed by atoms with Crippen LogP contribution in [0.5, 0.6) is 11.5 Å². The molecule has 6 nitrogen and oxygen atoms in total. The summed E-state index contributed by atoms with van der Waals surface area (Å²) in [5.74, 6) is 0.240. The average molecular weight is 396 g/mol. The number of hydrogen-bond donors (Lipinski definition) is 1. The molecule has 1 aromatic rings. The number of rotatable bonds is 8. The van der Waals surface area contributed by atoms with Gasteiger partial charge in [0, 0.05) is 6.08 Å². The highest BCUT2D eigenvalue weighted by Gasteiger charge is 2.43. The molecule has 0 unspecified atom stereocenters. The molecule has 0 aromatic heterocycles. The first-order chi connectivity index (χ1) is 13.0. The van der Waals surface area contributed by atoms with Crippen LogP contribution in [-0.2, 0) is 14.3 Å². The first kappa shape index (κ1) is 21.1. The summed E-state index contributed by atoms with van der Waals surface area (Å²) in [6.45, 7) is 4.37. The van der Waals surface area contributed by atoms with Crippen LogP contribution in [0.1, 0.15) is 45.1 Å². The van der Waals surface area contributed by atoms with E-state index in [9.17, 15) is 9.59 Å². The van der Waals surface area contributed by atoms with Gasteiger partial charge in [-0.1, -0.05) is 24.4 Å². The predicted molar refractivity (Wildman–Crippen MR) is 104 cm³/mol. The molecular formula is C20H26ClNO5. The van der Waals surface area contributed by atoms with Crippen molar-refractivity contribution in [3.8, 4) is 11.5 Å². The summed E-state index contributed by atoms with van der Waals surface area (Å²) in [6.07, 6.45) is 5.95. The molecule has 1 N–H and O–H groups in total. The van der Waals surface area contributed by atoms with E-state index in [1.807, 2.05) is 6.92 Å². The summed E-state index contributed by atoms with van der Waals surface area (Å²) in [5, 5.41) is 3.23. The molecule has 0 radical (unpaired) electrons. The van der Waals surface area contributed by atoms with Gasteiger partial charge in [0.15, 0.2) is 11.5 Å². The van der Waals surface area contributed by atoms with E-state index in [1.165, 1.54) is 13.2 Å². The number of esters is 1. The second kappa shape index (κ2) is 9.65. The number of nitrogens with one attached hydrogen (secondary N) is 1. The van der Waals surface area contributed by atoms with Crippen LogP contribution >= 0.6 is 11.6 Å². The van der Waals surface area contributed by atoms with Crippen LogP contribution in [0.15, 0.2) is 18.2 Å². The van der Waals surface area contributed by atoms with E-state index in [2.05, 4.69) is 5.32 Å². The molecule has 0 heterocycles. The molecule has 7 heteroatoms. The minimum absolute atomic E-state index is 0.289. The molecule has 0 bridgehead atoms. The predicted octanol–water partition coefficient (Wildman–Crippen LogP) is 3.75. The van der Waals surface area contributed by atoms with E-state index in [0.717, 1.165) is 12.8 Å². The van der Waals surface area contributed by atoms with E-state index in [1.54, 1.807) is 25.1 Å². The Morgan fingerprint density at radius 3 is 2.52 bits per heavy atom. The molecule has 1 aliphatic rings. The average Bonchev–Trinajstić information content (AvgIpc) is 3.10. The van der Waals surface area contributed by atoms with Crippen molar-refractivity contribution in [3.63, 3.8) is 0 Å². The van der Waals surface area contributed by atoms with Gasteiger partial charge in [0.1, 0.15) is 5.54 Å². The van der Waals surface area contributed by atoms with Gasteiger partial charge < -0.3 is 19.5 Å². The normalized spacial score (nSPS) is 15.6. The Hall–Kier alpha value is -2.21. The number of hydrogen-bond acceptors (Lipinski definition) is 5. The molecule has 0 spiro atoms. The standard InChI is InChI=1S/C20H26ClNO5/c1-4-26-16-13-14(12-15(21)18(16)25-3)8-9-17(23)22-20(10-6-7-11-20)19(24)27-5-2/h8-9,12-13H,4-7,10-11H2,1-3H3,(H,22,23)/b9-8+. The third-order valence-corrected chi connectivity index (χ3v) is 4.73. The lowest BCUT2D eigenvalue weighted by Gasteiger charge is -2.27. The molecule has 2 rings (SSSR count). The van der Waals surface area contributed by atoms with Crippen molar-refractivity contribution in [2.24, 2.45) is 0 Å². The molecule has 0 saturated heterocycles. The van der Waals surface area contributed by atoms with Crippen molar-refractivity contribution < 1.29 is 23.8 Å². The van der Waals surface area contributed by atoms with Crippen LogP contribution < -0.4 is 14.8 Å². The highest BCUT2D eigenvalue weighted by atomic mass is 35.5. The molecule has 1 saturated carbocycles. The molecule has 1 amide bonds. The van der Waals surface area contributed by atoms with Gasteiger partial charge in [-0.25, -0.2) is 4.79 Å². The number of carbonyl (C=O) groups excluding carboxylic acids is 2. The Kier molecular flexibility index (Phi) is 7.54. The topological polar surface area (TPSA) is 73.9 Å². The summed E-state index contributed by atoms with van der Waals surface area (Å²) in [6, 6.07) is 3.43. The number of halogens is 1. The fourth-order valence-electron chi connectivity index (χ4n) is 3.22. The van der Waals surface area contributed by atoms with Gasteiger partial charge in [-0.2, -0.15) is 0 Å². The van der Waals surface area contributed by atoms with Gasteiger partial charge in [0.2, 0.25) is 5.91 Å². The molecule has 0 atom stereocenters. The van der Waals surface area contributed by atoms with E-state index < -0.39 is 5.54 Å². The fourth-order valence-corrected chi connectivity index (χ4v) is 3.52. The van der Waals surface area contributed by atoms with Gasteiger partial charge in [-0.15, -0.1) is 0 Å². The highest BCUT2D eigenvalue weighted by Crippen LogP contribution is 2.36. The van der Waals surface area contributed by atoms with Crippen molar-refractivity contribution in [1.29, 1.82) is 0 Å². The second-order valence-electron chi connectivity index (χ2n) is 6.30. The van der Waals surface area contributed by atoms with Gasteiger partial charge in [0.05, 0.1) is 25.3 Å². The summed E-state index contributed by atoms with van der Waals surface area (Å²) in [7, 11) is 1.52. The monoisotopic (exact) mass is 395 g/mol. The molecule has 27 heavy (non-hydrogen) atoms. The van der Waals surface area contributed by atoms with Crippen LogP contribution in [0, 0.1) is 0 Å². The van der Waals surface area contributed by atoms with Crippen LogP contribution in [0.4, 0.5) is 0 Å². The van der Waals surface area contributed by atoms with Crippen molar-refractivity contribution in [2.45, 2.75) is 45.1 Å². The van der Waals surface area contributed by atoms with Gasteiger partial charge in [-0.05, 0) is 50.5 Å². The highest BCUT2D eigenvalue weighted by molar-refractivity contribution is 6.32. The fraction of sp³-hybridized carbons (Fsp3) is 0.500. The molecule has 1 fully saturated rings. The van der Waals surface area contributed by atoms with Crippen LogP contribution in [0.25, 0.3) is 6.08 Å². The van der Waals surface area contributed by atoms with E-state index in [-0.39, 0.29) is 18.5 Å². The summed E-state index contributed by atoms with van der Waals surface area (Å²) >= 11 is 6.22. The molecule has 1 aliphatic carbocycles. The second-order valence-corrected chi connectivity index (χ2v) is 6.71. The zero-order valence-corrected chi connectivity index (χ0v) is 16.7. The minimum atomic E-state index is -0.925. The Labute approximate surface area is 164 Å². The van der Waals surface area contributed by atoms with Gasteiger partial charge >= 0.3 is 5.97 Å². The van der Waals surface area contributed by atoms with E-state index >= 15 is 0 Å². The van der Waals surface area contributed by atoms with Crippen molar-refractivity contribution in [2.75, 3.05) is 20.3 Å². The third-order valence-electron chi connectivity index (χ3n) is 4.45. The zero-order chi connectivity index (χ0) is 19.9. The molecule has 1 aromatic carbocycles. The maximum Gasteiger partial charge on any atom is 0.331 e. The summed E-state index contributed by atoms with van der Waals surface area (Å²) in [5.41, 5.74) is -0.234. The lowest BCUT2D eigenvalue weighted by atomic mass is 9.97. The van der Waals surface area contributed by atoms with Crippen LogP contribution in [-0.4, -0.2) is 37.7 Å². The Morgan fingerprint density at radius 1 is 1.22 bits per heavy atom. The number of carbonyl (C=O) groups is 2. The lowest BCUT2D eigenvalue weighted by Crippen LogP contribution is -2.52. The third kappa shape index (κ3) is 5.16. The van der Waals surface area contributed by atoms with Gasteiger partial charge in [-0.3, -0.25) is 4.79 Å². The van der Waals surface area contributed by atoms with E-state index in [4.69, 9.17) is 25.8 Å². The Morgan fingerprint density at radius 2 is 1.93 bits per heavy atom. The van der Waals surface area contributed by atoms with E-state index in [0.29, 0.717) is 41.5 Å².